The molecule has 3 nitrogen and oxygen atoms in total. The summed E-state index contributed by atoms with van der Waals surface area (Å²) in [7, 11) is 1.81. The van der Waals surface area contributed by atoms with Crippen molar-refractivity contribution in [2.24, 2.45) is 0 Å². The number of hydrogen-bond acceptors (Lipinski definition) is 2. The van der Waals surface area contributed by atoms with Gasteiger partial charge in [0.25, 0.3) is 0 Å². The van der Waals surface area contributed by atoms with Crippen LogP contribution < -0.4 is 0 Å². The van der Waals surface area contributed by atoms with E-state index in [0.717, 1.165) is 6.42 Å². The van der Waals surface area contributed by atoms with Gasteiger partial charge in [0.1, 0.15) is 0 Å². The highest BCUT2D eigenvalue weighted by atomic mass is 127. The topological polar surface area (TPSA) is 27.1 Å². The normalized spacial score (nSPS) is 22.9. The summed E-state index contributed by atoms with van der Waals surface area (Å²) in [5, 5.41) is 4.57. The van der Waals surface area contributed by atoms with Gasteiger partial charge in [-0.2, -0.15) is 5.10 Å². The van der Waals surface area contributed by atoms with Crippen LogP contribution in [0.15, 0.2) is 36.7 Å². The van der Waals surface area contributed by atoms with E-state index >= 15 is 0 Å². The maximum absolute atomic E-state index is 5.51. The Kier molecular flexibility index (Phi) is 4.41. The molecule has 106 valence electrons. The van der Waals surface area contributed by atoms with Crippen LogP contribution in [0.4, 0.5) is 0 Å². The Morgan fingerprint density at radius 2 is 2.00 bits per heavy atom. The first kappa shape index (κ1) is 14.1. The van der Waals surface area contributed by atoms with Gasteiger partial charge in [0.15, 0.2) is 0 Å². The molecule has 2 atom stereocenters. The van der Waals surface area contributed by atoms with E-state index in [4.69, 9.17) is 4.74 Å². The molecule has 0 bridgehead atoms. The summed E-state index contributed by atoms with van der Waals surface area (Å²) >= 11 is 2.33. The van der Waals surface area contributed by atoms with Crippen molar-refractivity contribution in [3.05, 3.63) is 40.2 Å². The molecule has 0 N–H and O–H groups in total. The van der Waals surface area contributed by atoms with Crippen LogP contribution in [0.3, 0.4) is 0 Å². The molecule has 0 saturated heterocycles. The van der Waals surface area contributed by atoms with Crippen LogP contribution in [-0.2, 0) is 4.74 Å². The second-order valence-electron chi connectivity index (χ2n) is 5.39. The Morgan fingerprint density at radius 1 is 1.20 bits per heavy atom. The average molecular weight is 382 g/mol. The zero-order chi connectivity index (χ0) is 13.9. The van der Waals surface area contributed by atoms with Crippen LogP contribution in [0.5, 0.6) is 0 Å². The van der Waals surface area contributed by atoms with Gasteiger partial charge in [-0.3, -0.25) is 4.68 Å². The van der Waals surface area contributed by atoms with Gasteiger partial charge >= 0.3 is 0 Å². The van der Waals surface area contributed by atoms with Gasteiger partial charge in [-0.15, -0.1) is 0 Å². The number of rotatable bonds is 3. The molecule has 1 saturated carbocycles. The van der Waals surface area contributed by atoms with Crippen molar-refractivity contribution in [1.82, 2.24) is 9.78 Å². The number of hydrogen-bond donors (Lipinski definition) is 0. The fourth-order valence-corrected chi connectivity index (χ4v) is 3.26. The summed E-state index contributed by atoms with van der Waals surface area (Å²) in [6.45, 7) is 0. The maximum atomic E-state index is 5.51. The van der Waals surface area contributed by atoms with E-state index in [1.54, 1.807) is 0 Å². The second-order valence-corrected chi connectivity index (χ2v) is 6.64. The lowest BCUT2D eigenvalue weighted by Crippen LogP contribution is -2.24. The molecule has 1 fully saturated rings. The highest BCUT2D eigenvalue weighted by Gasteiger charge is 2.23. The van der Waals surface area contributed by atoms with Crippen LogP contribution in [0.1, 0.15) is 31.7 Å². The standard InChI is InChI=1S/C16H19IN2O/c1-20-16-4-2-3-15(9-16)19-11-13(10-18-19)12-5-7-14(17)8-6-12/h5-8,10-11,15-16H,2-4,9H2,1H3. The van der Waals surface area contributed by atoms with Crippen molar-refractivity contribution < 1.29 is 4.74 Å². The van der Waals surface area contributed by atoms with Crippen LogP contribution in [0.25, 0.3) is 11.1 Å². The highest BCUT2D eigenvalue weighted by molar-refractivity contribution is 14.1. The van der Waals surface area contributed by atoms with Crippen molar-refractivity contribution in [3.8, 4) is 11.1 Å². The number of halogens is 1. The Hall–Kier alpha value is -0.880. The highest BCUT2D eigenvalue weighted by Crippen LogP contribution is 2.31. The molecular formula is C16H19IN2O. The molecule has 20 heavy (non-hydrogen) atoms. The summed E-state index contributed by atoms with van der Waals surface area (Å²) in [6.07, 6.45) is 9.21. The van der Waals surface area contributed by atoms with Crippen molar-refractivity contribution in [1.29, 1.82) is 0 Å². The molecule has 0 spiro atoms. The smallest absolute Gasteiger partial charge is 0.0591 e. The number of nitrogens with zero attached hydrogens (tertiary/aromatic N) is 2. The zero-order valence-electron chi connectivity index (χ0n) is 11.6. The molecule has 1 aromatic heterocycles. The van der Waals surface area contributed by atoms with Crippen molar-refractivity contribution in [3.63, 3.8) is 0 Å². The summed E-state index contributed by atoms with van der Waals surface area (Å²) in [5.41, 5.74) is 2.43. The van der Waals surface area contributed by atoms with Crippen molar-refractivity contribution in [2.75, 3.05) is 7.11 Å². The van der Waals surface area contributed by atoms with Gasteiger partial charge in [-0.25, -0.2) is 0 Å². The Balaban J connectivity index is 1.78. The SMILES string of the molecule is COC1CCCC(n2cc(-c3ccc(I)cc3)cn2)C1. The first-order valence-corrected chi connectivity index (χ1v) is 8.17. The fourth-order valence-electron chi connectivity index (χ4n) is 2.90. The van der Waals surface area contributed by atoms with Crippen molar-refractivity contribution >= 4 is 22.6 Å². The first-order chi connectivity index (χ1) is 9.76. The van der Waals surface area contributed by atoms with Gasteiger partial charge in [-0.05, 0) is 66.0 Å². The van der Waals surface area contributed by atoms with Crippen LogP contribution in [-0.4, -0.2) is 23.0 Å². The predicted molar refractivity (Wildman–Crippen MR) is 88.7 cm³/mol. The molecular weight excluding hydrogens is 363 g/mol. The lowest BCUT2D eigenvalue weighted by atomic mass is 9.93. The molecule has 1 aliphatic carbocycles. The lowest BCUT2D eigenvalue weighted by Gasteiger charge is -2.28. The predicted octanol–water partition coefficient (Wildman–Crippen LogP) is 4.28. The van der Waals surface area contributed by atoms with E-state index in [1.807, 2.05) is 13.3 Å². The third-order valence-corrected chi connectivity index (χ3v) is 4.80. The first-order valence-electron chi connectivity index (χ1n) is 7.09. The number of ether oxygens (including phenoxy) is 1. The largest absolute Gasteiger partial charge is 0.381 e. The average Bonchev–Trinajstić information content (AvgIpc) is 2.98. The minimum Gasteiger partial charge on any atom is -0.381 e. The third kappa shape index (κ3) is 3.06. The molecule has 3 rings (SSSR count). The molecule has 2 unspecified atom stereocenters. The van der Waals surface area contributed by atoms with Crippen LogP contribution >= 0.6 is 22.6 Å². The summed E-state index contributed by atoms with van der Waals surface area (Å²) < 4.78 is 8.89. The molecule has 2 aromatic rings. The van der Waals surface area contributed by atoms with E-state index in [9.17, 15) is 0 Å². The quantitative estimate of drug-likeness (QED) is 0.741. The second kappa shape index (κ2) is 6.26. The molecule has 0 amide bonds. The van der Waals surface area contributed by atoms with E-state index in [0.29, 0.717) is 12.1 Å². The molecule has 4 heteroatoms. The monoisotopic (exact) mass is 382 g/mol. The minimum atomic E-state index is 0.389. The molecule has 0 aliphatic heterocycles. The minimum absolute atomic E-state index is 0.389. The van der Waals surface area contributed by atoms with E-state index in [-0.39, 0.29) is 0 Å². The van der Waals surface area contributed by atoms with Crippen LogP contribution in [0, 0.1) is 3.57 Å². The van der Waals surface area contributed by atoms with Gasteiger partial charge in [0.05, 0.1) is 18.3 Å². The Morgan fingerprint density at radius 3 is 2.75 bits per heavy atom. The van der Waals surface area contributed by atoms with Gasteiger partial charge in [0.2, 0.25) is 0 Å². The maximum Gasteiger partial charge on any atom is 0.0591 e. The fraction of sp³-hybridized carbons (Fsp3) is 0.438. The van der Waals surface area contributed by atoms with E-state index in [1.165, 1.54) is 34.0 Å². The van der Waals surface area contributed by atoms with E-state index in [2.05, 4.69) is 62.8 Å². The number of methoxy groups -OCH3 is 1. The van der Waals surface area contributed by atoms with Crippen LogP contribution in [0.2, 0.25) is 0 Å². The Labute approximate surface area is 133 Å². The third-order valence-electron chi connectivity index (χ3n) is 4.08. The molecule has 1 heterocycles. The Bertz CT molecular complexity index is 564. The molecule has 0 radical (unpaired) electrons. The summed E-state index contributed by atoms with van der Waals surface area (Å²) in [6, 6.07) is 9.05. The number of aromatic nitrogens is 2. The molecule has 1 aliphatic rings. The number of benzene rings is 1. The van der Waals surface area contributed by atoms with E-state index < -0.39 is 0 Å². The molecule has 1 aromatic carbocycles. The van der Waals surface area contributed by atoms with Crippen molar-refractivity contribution in [2.45, 2.75) is 37.8 Å². The zero-order valence-corrected chi connectivity index (χ0v) is 13.8. The van der Waals surface area contributed by atoms with Gasteiger partial charge in [0, 0.05) is 22.4 Å². The van der Waals surface area contributed by atoms with Gasteiger partial charge in [-0.1, -0.05) is 12.1 Å². The summed E-state index contributed by atoms with van der Waals surface area (Å²) in [5.74, 6) is 0. The lowest BCUT2D eigenvalue weighted by molar-refractivity contribution is 0.0508. The summed E-state index contributed by atoms with van der Waals surface area (Å²) in [4.78, 5) is 0. The van der Waals surface area contributed by atoms with Gasteiger partial charge < -0.3 is 4.74 Å².